The van der Waals surface area contributed by atoms with Crippen LogP contribution in [-0.2, 0) is 30.3 Å². The lowest BCUT2D eigenvalue weighted by molar-refractivity contribution is -0.169. The number of benzene rings is 2. The molecule has 7 aliphatic rings. The number of phenolic OH excluding ortho intramolecular Hbond substituents is 3. The van der Waals surface area contributed by atoms with Crippen molar-refractivity contribution in [2.45, 2.75) is 55.5 Å². The van der Waals surface area contributed by atoms with E-state index in [1.165, 1.54) is 6.92 Å². The maximum absolute atomic E-state index is 14.5. The number of carbonyl (C=O) groups excluding carboxylic acids is 4. The molecule has 5 aliphatic carbocycles. The topological polar surface area (TPSA) is 221 Å². The van der Waals surface area contributed by atoms with Gasteiger partial charge in [-0.25, -0.2) is 4.79 Å². The Morgan fingerprint density at radius 1 is 1.00 bits per heavy atom. The molecular formula is C31H23ClO13. The van der Waals surface area contributed by atoms with Crippen molar-refractivity contribution in [3.63, 3.8) is 0 Å². The lowest BCUT2D eigenvalue weighted by Crippen LogP contribution is -2.61. The van der Waals surface area contributed by atoms with Gasteiger partial charge in [-0.1, -0.05) is 11.6 Å². The van der Waals surface area contributed by atoms with Crippen molar-refractivity contribution in [3.8, 4) is 23.0 Å². The number of carbonyl (C=O) groups is 4. The Hall–Kier alpha value is -4.59. The predicted molar refractivity (Wildman–Crippen MR) is 149 cm³/mol. The van der Waals surface area contributed by atoms with Gasteiger partial charge in [0.25, 0.3) is 5.60 Å². The van der Waals surface area contributed by atoms with Gasteiger partial charge in [-0.05, 0) is 37.5 Å². The summed E-state index contributed by atoms with van der Waals surface area (Å²) in [6.45, 7) is 1.53. The Morgan fingerprint density at radius 2 is 1.64 bits per heavy atom. The number of aliphatic hydroxyl groups is 3. The summed E-state index contributed by atoms with van der Waals surface area (Å²) in [6, 6.07) is 2.11. The Bertz CT molecular complexity index is 1980. The molecule has 2 aromatic carbocycles. The van der Waals surface area contributed by atoms with E-state index in [-0.39, 0.29) is 29.0 Å². The second-order valence-corrected chi connectivity index (χ2v) is 12.7. The number of halogens is 1. The number of esters is 1. The van der Waals surface area contributed by atoms with Crippen molar-refractivity contribution in [1.29, 1.82) is 0 Å². The summed E-state index contributed by atoms with van der Waals surface area (Å²) in [5.41, 5.74) is -8.68. The molecule has 232 valence electrons. The predicted octanol–water partition coefficient (Wildman–Crippen LogP) is 2.29. The van der Waals surface area contributed by atoms with Crippen molar-refractivity contribution in [2.24, 2.45) is 5.41 Å². The third kappa shape index (κ3) is 2.80. The van der Waals surface area contributed by atoms with Gasteiger partial charge in [-0.2, -0.15) is 0 Å². The molecule has 3 fully saturated rings. The Balaban J connectivity index is 1.46. The molecule has 13 nitrogen and oxygen atoms in total. The third-order valence-corrected chi connectivity index (χ3v) is 10.7. The minimum absolute atomic E-state index is 0.0320. The minimum Gasteiger partial charge on any atom is -0.507 e. The zero-order chi connectivity index (χ0) is 32.3. The number of phenols is 3. The van der Waals surface area contributed by atoms with Gasteiger partial charge in [0.15, 0.2) is 23.1 Å². The number of aliphatic hydroxyl groups excluding tert-OH is 3. The summed E-state index contributed by atoms with van der Waals surface area (Å²) in [6.07, 6.45) is -3.76. The quantitative estimate of drug-likeness (QED) is 0.150. The monoisotopic (exact) mass is 638 g/mol. The molecule has 14 heteroatoms. The number of aromatic hydroxyl groups is 3. The summed E-state index contributed by atoms with van der Waals surface area (Å²) in [5, 5.41) is 66.9. The van der Waals surface area contributed by atoms with Gasteiger partial charge in [-0.3, -0.25) is 14.4 Å². The molecule has 45 heavy (non-hydrogen) atoms. The fourth-order valence-corrected chi connectivity index (χ4v) is 8.67. The van der Waals surface area contributed by atoms with Gasteiger partial charge in [-0.15, -0.1) is 0 Å². The van der Waals surface area contributed by atoms with Crippen molar-refractivity contribution in [1.82, 2.24) is 0 Å². The molecule has 2 bridgehead atoms. The van der Waals surface area contributed by atoms with Crippen molar-refractivity contribution >= 4 is 46.4 Å². The summed E-state index contributed by atoms with van der Waals surface area (Å²) in [4.78, 5) is 55.2. The SMILES string of the molecule is COC(=O)[C@]12Oc3c(Cl)c4c(c(O)c3C(O)=C1C(=O)CC[C@@H]2O)[C@@H]1C(=O)C2=C(O)c3c(O)ccc(O)c3C(=O)[C@@]2(C4)C2OC21C. The number of hydrogen-bond donors (Lipinski definition) is 6. The molecule has 6 N–H and O–H groups in total. The number of ketones is 3. The van der Waals surface area contributed by atoms with Crippen LogP contribution < -0.4 is 4.74 Å². The molecule has 2 saturated carbocycles. The number of methoxy groups -OCH3 is 1. The highest BCUT2D eigenvalue weighted by atomic mass is 35.5. The number of epoxide rings is 1. The average Bonchev–Trinajstić information content (AvgIpc) is 3.73. The molecule has 9 rings (SSSR count). The Kier molecular flexibility index (Phi) is 5.06. The molecule has 2 unspecified atom stereocenters. The zero-order valence-electron chi connectivity index (χ0n) is 23.4. The first-order valence-electron chi connectivity index (χ1n) is 14.0. The van der Waals surface area contributed by atoms with E-state index in [1.807, 2.05) is 0 Å². The van der Waals surface area contributed by atoms with E-state index in [0.717, 1.165) is 19.2 Å². The van der Waals surface area contributed by atoms with Crippen LogP contribution in [0.15, 0.2) is 23.3 Å². The third-order valence-electron chi connectivity index (χ3n) is 10.3. The standard InChI is InChI=1S/C31H23ClO13/c1-29-18-13-8(7-30(27(29)45-29)19(24(18)40)22(38)14-9(33)3-4-10(34)15(14)26(30)41)20(32)25-16(21(13)37)23(39)17-11(35)5-6-12(36)31(17,44-25)28(42)43-2/h3-4,12,18,27,33-34,36-39H,5-7H2,1-2H3/t12-,18+,27?,29?,30-,31+/m0/s1. The Labute approximate surface area is 257 Å². The van der Waals surface area contributed by atoms with Crippen molar-refractivity contribution < 1.29 is 64.0 Å². The highest BCUT2D eigenvalue weighted by Crippen LogP contribution is 2.72. The summed E-state index contributed by atoms with van der Waals surface area (Å²) < 4.78 is 16.9. The molecule has 1 spiro atoms. The van der Waals surface area contributed by atoms with E-state index in [1.54, 1.807) is 0 Å². The maximum atomic E-state index is 14.5. The van der Waals surface area contributed by atoms with Crippen LogP contribution in [0.25, 0.3) is 11.5 Å². The second-order valence-electron chi connectivity index (χ2n) is 12.3. The molecule has 1 saturated heterocycles. The molecule has 0 radical (unpaired) electrons. The van der Waals surface area contributed by atoms with Gasteiger partial charge in [0.05, 0.1) is 45.7 Å². The fourth-order valence-electron chi connectivity index (χ4n) is 8.37. The van der Waals surface area contributed by atoms with E-state index in [0.29, 0.717) is 0 Å². The number of hydrogen-bond acceptors (Lipinski definition) is 13. The molecule has 2 aliphatic heterocycles. The molecule has 0 aromatic heterocycles. The lowest BCUT2D eigenvalue weighted by atomic mass is 9.56. The van der Waals surface area contributed by atoms with Crippen LogP contribution in [0.3, 0.4) is 0 Å². The lowest BCUT2D eigenvalue weighted by Gasteiger charge is -2.43. The van der Waals surface area contributed by atoms with Crippen LogP contribution in [0, 0.1) is 5.41 Å². The van der Waals surface area contributed by atoms with Crippen LogP contribution in [-0.4, -0.2) is 84.5 Å². The maximum Gasteiger partial charge on any atom is 0.358 e. The first-order chi connectivity index (χ1) is 21.2. The van der Waals surface area contributed by atoms with E-state index in [4.69, 9.17) is 25.8 Å². The van der Waals surface area contributed by atoms with E-state index >= 15 is 0 Å². The molecule has 0 amide bonds. The van der Waals surface area contributed by atoms with Crippen molar-refractivity contribution in [2.75, 3.05) is 7.11 Å². The average molecular weight is 639 g/mol. The Morgan fingerprint density at radius 3 is 2.31 bits per heavy atom. The number of rotatable bonds is 1. The van der Waals surface area contributed by atoms with Gasteiger partial charge < -0.3 is 44.8 Å². The number of ether oxygens (including phenoxy) is 3. The summed E-state index contributed by atoms with van der Waals surface area (Å²) in [7, 11) is 0.988. The molecule has 2 aromatic rings. The van der Waals surface area contributed by atoms with Gasteiger partial charge in [0.1, 0.15) is 52.1 Å². The normalized spacial score (nSPS) is 33.7. The van der Waals surface area contributed by atoms with E-state index in [2.05, 4.69) is 0 Å². The van der Waals surface area contributed by atoms with Crippen LogP contribution in [0.1, 0.15) is 58.3 Å². The number of Topliss-reactive ketones (excluding diaryl/α,β-unsaturated/α-hetero) is 3. The van der Waals surface area contributed by atoms with Gasteiger partial charge in [0.2, 0.25) is 0 Å². The van der Waals surface area contributed by atoms with Crippen LogP contribution in [0.2, 0.25) is 5.02 Å². The van der Waals surface area contributed by atoms with Gasteiger partial charge in [0, 0.05) is 12.0 Å². The largest absolute Gasteiger partial charge is 0.507 e. The summed E-state index contributed by atoms with van der Waals surface area (Å²) in [5.74, 6) is -9.21. The van der Waals surface area contributed by atoms with Gasteiger partial charge >= 0.3 is 5.97 Å². The molecule has 6 atom stereocenters. The van der Waals surface area contributed by atoms with Crippen LogP contribution in [0.4, 0.5) is 0 Å². The van der Waals surface area contributed by atoms with E-state index < -0.39 is 127 Å². The minimum atomic E-state index is -2.55. The summed E-state index contributed by atoms with van der Waals surface area (Å²) >= 11 is 6.94. The second kappa shape index (κ2) is 8.16. The van der Waals surface area contributed by atoms with Crippen LogP contribution >= 0.6 is 11.6 Å². The first-order valence-corrected chi connectivity index (χ1v) is 14.3. The highest BCUT2D eigenvalue weighted by molar-refractivity contribution is 6.34. The molecule has 2 heterocycles. The van der Waals surface area contributed by atoms with Crippen molar-refractivity contribution in [3.05, 3.63) is 56.1 Å². The first kappa shape index (κ1) is 27.9. The zero-order valence-corrected chi connectivity index (χ0v) is 24.2. The number of fused-ring (bicyclic) bond motifs is 3. The fraction of sp³-hybridized carbons (Fsp3) is 0.355. The molecular weight excluding hydrogens is 616 g/mol. The van der Waals surface area contributed by atoms with E-state index in [9.17, 15) is 49.8 Å². The smallest absolute Gasteiger partial charge is 0.358 e. The van der Waals surface area contributed by atoms with Crippen LogP contribution in [0.5, 0.6) is 23.0 Å². The highest BCUT2D eigenvalue weighted by Gasteiger charge is 2.80.